The quantitative estimate of drug-likeness (QED) is 0.762. The van der Waals surface area contributed by atoms with Crippen LogP contribution in [-0.4, -0.2) is 33.1 Å². The summed E-state index contributed by atoms with van der Waals surface area (Å²) in [6.45, 7) is 1.69. The van der Waals surface area contributed by atoms with Crippen molar-refractivity contribution < 1.29 is 13.2 Å². The van der Waals surface area contributed by atoms with Gasteiger partial charge < -0.3 is 0 Å². The zero-order valence-electron chi connectivity index (χ0n) is 15.9. The summed E-state index contributed by atoms with van der Waals surface area (Å²) in [7, 11) is 0. The van der Waals surface area contributed by atoms with Crippen LogP contribution in [0.4, 0.5) is 13.2 Å². The van der Waals surface area contributed by atoms with Gasteiger partial charge in [-0.25, -0.2) is 4.98 Å². The fourth-order valence-electron chi connectivity index (χ4n) is 4.83. The van der Waals surface area contributed by atoms with Gasteiger partial charge in [0, 0.05) is 18.6 Å². The van der Waals surface area contributed by atoms with E-state index in [9.17, 15) is 18.0 Å². The number of rotatable bonds is 4. The van der Waals surface area contributed by atoms with E-state index < -0.39 is 11.7 Å². The van der Waals surface area contributed by atoms with Crippen LogP contribution >= 0.6 is 0 Å². The first-order valence-corrected chi connectivity index (χ1v) is 10.3. The number of benzene rings is 1. The Labute approximate surface area is 162 Å². The molecule has 2 aliphatic rings. The van der Waals surface area contributed by atoms with E-state index in [1.807, 2.05) is 0 Å². The Morgan fingerprint density at radius 1 is 1.07 bits per heavy atom. The molecule has 7 heteroatoms. The average Bonchev–Trinajstić information content (AvgIpc) is 3.21. The molecule has 1 aromatic heterocycles. The third-order valence-corrected chi connectivity index (χ3v) is 6.32. The third kappa shape index (κ3) is 3.95. The van der Waals surface area contributed by atoms with E-state index in [-0.39, 0.29) is 16.5 Å². The second-order valence-corrected chi connectivity index (χ2v) is 8.09. The summed E-state index contributed by atoms with van der Waals surface area (Å²) in [4.78, 5) is 19.5. The Kier molecular flexibility index (Phi) is 5.45. The monoisotopic (exact) mass is 393 g/mol. The van der Waals surface area contributed by atoms with E-state index in [0.29, 0.717) is 18.6 Å². The number of aromatic nitrogens is 2. The van der Waals surface area contributed by atoms with Crippen LogP contribution in [-0.2, 0) is 12.7 Å². The molecule has 4 rings (SSSR count). The lowest BCUT2D eigenvalue weighted by Crippen LogP contribution is -2.45. The lowest BCUT2D eigenvalue weighted by Gasteiger charge is -2.40. The molecule has 1 aliphatic heterocycles. The van der Waals surface area contributed by atoms with Gasteiger partial charge in [0.2, 0.25) is 0 Å². The molecule has 0 bridgehead atoms. The molecule has 1 aromatic carbocycles. The predicted octanol–water partition coefficient (Wildman–Crippen LogP) is 4.60. The summed E-state index contributed by atoms with van der Waals surface area (Å²) in [6.07, 6.45) is 6.62. The van der Waals surface area contributed by atoms with Gasteiger partial charge >= 0.3 is 6.18 Å². The van der Waals surface area contributed by atoms with Crippen LogP contribution in [0, 0.1) is 0 Å². The maximum absolute atomic E-state index is 12.9. The fraction of sp³-hybridized carbons (Fsp3) is 0.619. The highest BCUT2D eigenvalue weighted by molar-refractivity contribution is 5.78. The third-order valence-electron chi connectivity index (χ3n) is 6.32. The largest absolute Gasteiger partial charge is 0.416 e. The summed E-state index contributed by atoms with van der Waals surface area (Å²) in [5.41, 5.74) is -0.942. The van der Waals surface area contributed by atoms with Gasteiger partial charge in [0.15, 0.2) is 0 Å². The van der Waals surface area contributed by atoms with E-state index in [1.54, 1.807) is 4.57 Å². The maximum atomic E-state index is 12.9. The lowest BCUT2D eigenvalue weighted by molar-refractivity contribution is -0.137. The van der Waals surface area contributed by atoms with Gasteiger partial charge in [0.1, 0.15) is 0 Å². The number of piperidine rings is 1. The number of likely N-dealkylation sites (tertiary alicyclic amines) is 1. The van der Waals surface area contributed by atoms with Crippen LogP contribution in [0.5, 0.6) is 0 Å². The van der Waals surface area contributed by atoms with Crippen LogP contribution in [0.3, 0.4) is 0 Å². The maximum Gasteiger partial charge on any atom is 0.416 e. The number of alkyl halides is 3. The zero-order chi connectivity index (χ0) is 19.7. The molecule has 0 N–H and O–H groups in total. The molecule has 1 atom stereocenters. The highest BCUT2D eigenvalue weighted by Gasteiger charge is 2.31. The number of hydrogen-bond donors (Lipinski definition) is 0. The van der Waals surface area contributed by atoms with Crippen molar-refractivity contribution in [1.29, 1.82) is 0 Å². The summed E-state index contributed by atoms with van der Waals surface area (Å²) in [5, 5.41) is 0.242. The number of nitrogens with zero attached hydrogens (tertiary/aromatic N) is 3. The number of halogens is 3. The molecule has 2 aromatic rings. The van der Waals surface area contributed by atoms with Crippen molar-refractivity contribution in [2.75, 3.05) is 6.54 Å². The summed E-state index contributed by atoms with van der Waals surface area (Å²) in [6, 6.07) is 4.31. The standard InChI is InChI=1S/C21H26F3N3O/c22-21(23,24)15-8-9-18-19(13-15)25-14-26(20(18)28)12-10-17-7-3-4-11-27(17)16-5-1-2-6-16/h8-9,13-14,16-17H,1-7,10-12H2. The number of fused-ring (bicyclic) bond motifs is 1. The smallest absolute Gasteiger partial charge is 0.299 e. The topological polar surface area (TPSA) is 38.1 Å². The normalized spacial score (nSPS) is 22.2. The van der Waals surface area contributed by atoms with Crippen LogP contribution in [0.15, 0.2) is 29.3 Å². The molecular weight excluding hydrogens is 367 g/mol. The van der Waals surface area contributed by atoms with E-state index in [4.69, 9.17) is 0 Å². The SMILES string of the molecule is O=c1c2ccc(C(F)(F)F)cc2ncn1CCC1CCCCN1C1CCCC1. The molecule has 0 spiro atoms. The summed E-state index contributed by atoms with van der Waals surface area (Å²) in [5.74, 6) is 0. The van der Waals surface area contributed by atoms with E-state index in [0.717, 1.165) is 31.5 Å². The van der Waals surface area contributed by atoms with E-state index in [2.05, 4.69) is 9.88 Å². The molecule has 1 saturated heterocycles. The Morgan fingerprint density at radius 2 is 1.82 bits per heavy atom. The van der Waals surface area contributed by atoms with Crippen molar-refractivity contribution in [3.8, 4) is 0 Å². The van der Waals surface area contributed by atoms with Gasteiger partial charge in [-0.3, -0.25) is 14.3 Å². The zero-order valence-corrected chi connectivity index (χ0v) is 15.9. The van der Waals surface area contributed by atoms with Crippen molar-refractivity contribution in [3.05, 3.63) is 40.4 Å². The summed E-state index contributed by atoms with van der Waals surface area (Å²) >= 11 is 0. The highest BCUT2D eigenvalue weighted by Crippen LogP contribution is 2.31. The lowest BCUT2D eigenvalue weighted by atomic mass is 9.96. The predicted molar refractivity (Wildman–Crippen MR) is 102 cm³/mol. The molecule has 2 fully saturated rings. The van der Waals surface area contributed by atoms with Crippen LogP contribution in [0.2, 0.25) is 0 Å². The van der Waals surface area contributed by atoms with Crippen molar-refractivity contribution in [3.63, 3.8) is 0 Å². The second-order valence-electron chi connectivity index (χ2n) is 8.09. The van der Waals surface area contributed by atoms with Crippen LogP contribution < -0.4 is 5.56 Å². The molecule has 0 radical (unpaired) electrons. The van der Waals surface area contributed by atoms with E-state index >= 15 is 0 Å². The van der Waals surface area contributed by atoms with Crippen LogP contribution in [0.1, 0.15) is 56.9 Å². The van der Waals surface area contributed by atoms with Gasteiger partial charge in [-0.1, -0.05) is 19.3 Å². The van der Waals surface area contributed by atoms with Gasteiger partial charge in [0.05, 0.1) is 22.8 Å². The molecule has 1 unspecified atom stereocenters. The second kappa shape index (κ2) is 7.85. The van der Waals surface area contributed by atoms with Crippen molar-refractivity contribution >= 4 is 10.9 Å². The molecule has 2 heterocycles. The first-order valence-electron chi connectivity index (χ1n) is 10.3. The van der Waals surface area contributed by atoms with Gasteiger partial charge in [-0.2, -0.15) is 13.2 Å². The van der Waals surface area contributed by atoms with Gasteiger partial charge in [-0.05, 0) is 56.8 Å². The van der Waals surface area contributed by atoms with Crippen molar-refractivity contribution in [1.82, 2.24) is 14.5 Å². The Bertz CT molecular complexity index is 887. The van der Waals surface area contributed by atoms with Crippen molar-refractivity contribution in [2.24, 2.45) is 0 Å². The number of aryl methyl sites for hydroxylation is 1. The average molecular weight is 393 g/mol. The van der Waals surface area contributed by atoms with Crippen LogP contribution in [0.25, 0.3) is 10.9 Å². The van der Waals surface area contributed by atoms with E-state index in [1.165, 1.54) is 50.9 Å². The highest BCUT2D eigenvalue weighted by atomic mass is 19.4. The molecule has 4 nitrogen and oxygen atoms in total. The molecule has 1 aliphatic carbocycles. The Hall–Kier alpha value is -1.89. The first-order chi connectivity index (χ1) is 13.4. The minimum absolute atomic E-state index is 0.0984. The minimum atomic E-state index is -4.44. The molecule has 152 valence electrons. The van der Waals surface area contributed by atoms with Crippen molar-refractivity contribution in [2.45, 2.75) is 76.2 Å². The Balaban J connectivity index is 1.51. The molecule has 1 saturated carbocycles. The molecule has 28 heavy (non-hydrogen) atoms. The minimum Gasteiger partial charge on any atom is -0.299 e. The first kappa shape index (κ1) is 19.4. The number of hydrogen-bond acceptors (Lipinski definition) is 3. The van der Waals surface area contributed by atoms with Gasteiger partial charge in [0.25, 0.3) is 5.56 Å². The van der Waals surface area contributed by atoms with Gasteiger partial charge in [-0.15, -0.1) is 0 Å². The summed E-state index contributed by atoms with van der Waals surface area (Å²) < 4.78 is 40.2. The molecule has 0 amide bonds. The Morgan fingerprint density at radius 3 is 2.57 bits per heavy atom. The fourth-order valence-corrected chi connectivity index (χ4v) is 4.83. The molecular formula is C21H26F3N3O.